The van der Waals surface area contributed by atoms with Gasteiger partial charge < -0.3 is 19.5 Å². The summed E-state index contributed by atoms with van der Waals surface area (Å²) in [6.45, 7) is 3.00. The van der Waals surface area contributed by atoms with Gasteiger partial charge in [-0.05, 0) is 37.3 Å². The lowest BCUT2D eigenvalue weighted by Gasteiger charge is -2.17. The van der Waals surface area contributed by atoms with E-state index in [9.17, 15) is 4.39 Å². The van der Waals surface area contributed by atoms with Crippen molar-refractivity contribution in [3.63, 3.8) is 0 Å². The highest BCUT2D eigenvalue weighted by Gasteiger charge is 2.13. The fraction of sp³-hybridized carbons (Fsp3) is 0.217. The highest BCUT2D eigenvalue weighted by atomic mass is 35.5. The van der Waals surface area contributed by atoms with E-state index < -0.39 is 0 Å². The summed E-state index contributed by atoms with van der Waals surface area (Å²) in [4.78, 5) is 0. The first-order valence-electron chi connectivity index (χ1n) is 9.30. The molecule has 0 radical (unpaired) electrons. The average molecular weight is 416 g/mol. The molecule has 0 aromatic heterocycles. The van der Waals surface area contributed by atoms with Gasteiger partial charge in [0.1, 0.15) is 18.2 Å². The molecule has 6 heteroatoms. The van der Waals surface area contributed by atoms with Crippen molar-refractivity contribution >= 4 is 17.3 Å². The molecule has 0 aliphatic carbocycles. The molecule has 3 rings (SSSR count). The zero-order chi connectivity index (χ0) is 20.6. The van der Waals surface area contributed by atoms with E-state index in [4.69, 9.17) is 25.8 Å². The third-order valence-corrected chi connectivity index (χ3v) is 4.62. The monoisotopic (exact) mass is 415 g/mol. The lowest BCUT2D eigenvalue weighted by Crippen LogP contribution is -2.07. The van der Waals surface area contributed by atoms with Gasteiger partial charge in [-0.2, -0.15) is 0 Å². The molecule has 0 aliphatic heterocycles. The van der Waals surface area contributed by atoms with Gasteiger partial charge in [-0.25, -0.2) is 4.39 Å². The number of rotatable bonds is 9. The Kier molecular flexibility index (Phi) is 7.19. The molecule has 0 spiro atoms. The molecule has 0 unspecified atom stereocenters. The number of ether oxygens (including phenoxy) is 3. The number of benzene rings is 3. The van der Waals surface area contributed by atoms with Crippen molar-refractivity contribution in [2.45, 2.75) is 20.1 Å². The van der Waals surface area contributed by atoms with Crippen LogP contribution in [0.3, 0.4) is 0 Å². The molecule has 0 aliphatic rings. The molecule has 29 heavy (non-hydrogen) atoms. The first-order chi connectivity index (χ1) is 14.1. The predicted octanol–water partition coefficient (Wildman–Crippen LogP) is 6.08. The SMILES string of the molecule is CCOc1cccc(CNc2ccc(OC)c(Cl)c2)c1OCc1ccccc1F. The first-order valence-corrected chi connectivity index (χ1v) is 9.68. The minimum absolute atomic E-state index is 0.109. The van der Waals surface area contributed by atoms with Crippen LogP contribution in [0.4, 0.5) is 10.1 Å². The Morgan fingerprint density at radius 1 is 0.931 bits per heavy atom. The Balaban J connectivity index is 1.79. The molecule has 3 aromatic carbocycles. The normalized spacial score (nSPS) is 10.5. The molecule has 0 fully saturated rings. The van der Waals surface area contributed by atoms with E-state index in [0.717, 1.165) is 11.3 Å². The van der Waals surface area contributed by atoms with Crippen molar-refractivity contribution in [3.8, 4) is 17.2 Å². The van der Waals surface area contributed by atoms with Crippen molar-refractivity contribution in [2.75, 3.05) is 19.0 Å². The second-order valence-corrected chi connectivity index (χ2v) is 6.67. The van der Waals surface area contributed by atoms with Crippen molar-refractivity contribution in [1.29, 1.82) is 0 Å². The highest BCUT2D eigenvalue weighted by Crippen LogP contribution is 2.33. The minimum Gasteiger partial charge on any atom is -0.495 e. The summed E-state index contributed by atoms with van der Waals surface area (Å²) < 4.78 is 30.8. The minimum atomic E-state index is -0.297. The number of halogens is 2. The van der Waals surface area contributed by atoms with Gasteiger partial charge in [0.2, 0.25) is 0 Å². The summed E-state index contributed by atoms with van der Waals surface area (Å²) in [5.74, 6) is 1.53. The van der Waals surface area contributed by atoms with E-state index in [1.165, 1.54) is 6.07 Å². The summed E-state index contributed by atoms with van der Waals surface area (Å²) in [6.07, 6.45) is 0. The smallest absolute Gasteiger partial charge is 0.166 e. The van der Waals surface area contributed by atoms with Crippen LogP contribution in [0.5, 0.6) is 17.2 Å². The number of nitrogens with one attached hydrogen (secondary N) is 1. The standard InChI is InChI=1S/C23H23ClFNO3/c1-3-28-22-10-6-8-16(14-26-18-11-12-21(27-2)19(24)13-18)23(22)29-15-17-7-4-5-9-20(17)25/h4-13,26H,3,14-15H2,1-2H3. The summed E-state index contributed by atoms with van der Waals surface area (Å²) in [6, 6.07) is 17.7. The van der Waals surface area contributed by atoms with Crippen LogP contribution in [-0.2, 0) is 13.2 Å². The van der Waals surface area contributed by atoms with Crippen LogP contribution in [0.1, 0.15) is 18.1 Å². The first kappa shape index (κ1) is 20.8. The number of hydrogen-bond donors (Lipinski definition) is 1. The summed E-state index contributed by atoms with van der Waals surface area (Å²) in [7, 11) is 1.58. The molecule has 152 valence electrons. The van der Waals surface area contributed by atoms with Gasteiger partial charge in [0, 0.05) is 23.4 Å². The van der Waals surface area contributed by atoms with Crippen LogP contribution in [0.2, 0.25) is 5.02 Å². The fourth-order valence-corrected chi connectivity index (χ4v) is 3.13. The predicted molar refractivity (Wildman–Crippen MR) is 114 cm³/mol. The maximum Gasteiger partial charge on any atom is 0.166 e. The number of para-hydroxylation sites is 1. The molecule has 0 saturated heterocycles. The summed E-state index contributed by atoms with van der Waals surface area (Å²) in [5, 5.41) is 3.85. The largest absolute Gasteiger partial charge is 0.495 e. The van der Waals surface area contributed by atoms with E-state index in [0.29, 0.717) is 41.0 Å². The van der Waals surface area contributed by atoms with E-state index in [2.05, 4.69) is 5.32 Å². The van der Waals surface area contributed by atoms with Crippen LogP contribution in [-0.4, -0.2) is 13.7 Å². The Bertz CT molecular complexity index is 965. The van der Waals surface area contributed by atoms with Crippen LogP contribution in [0.15, 0.2) is 60.7 Å². The maximum absolute atomic E-state index is 14.0. The van der Waals surface area contributed by atoms with E-state index >= 15 is 0 Å². The summed E-state index contributed by atoms with van der Waals surface area (Å²) in [5.41, 5.74) is 2.22. The van der Waals surface area contributed by atoms with Crippen molar-refractivity contribution in [2.24, 2.45) is 0 Å². The maximum atomic E-state index is 14.0. The van der Waals surface area contributed by atoms with Gasteiger partial charge in [0.25, 0.3) is 0 Å². The molecule has 0 amide bonds. The molecule has 3 aromatic rings. The van der Waals surface area contributed by atoms with Gasteiger partial charge >= 0.3 is 0 Å². The molecule has 0 saturated carbocycles. The van der Waals surface area contributed by atoms with Crippen LogP contribution < -0.4 is 19.5 Å². The second kappa shape index (κ2) is 10.0. The average Bonchev–Trinajstić information content (AvgIpc) is 2.73. The molecule has 0 bridgehead atoms. The Labute approximate surface area is 175 Å². The summed E-state index contributed by atoms with van der Waals surface area (Å²) >= 11 is 6.20. The molecule has 0 atom stereocenters. The molecule has 4 nitrogen and oxygen atoms in total. The highest BCUT2D eigenvalue weighted by molar-refractivity contribution is 6.32. The topological polar surface area (TPSA) is 39.7 Å². The van der Waals surface area contributed by atoms with Crippen LogP contribution in [0, 0.1) is 5.82 Å². The number of methoxy groups -OCH3 is 1. The van der Waals surface area contributed by atoms with Crippen molar-refractivity contribution in [3.05, 3.63) is 82.6 Å². The lowest BCUT2D eigenvalue weighted by atomic mass is 10.1. The number of hydrogen-bond acceptors (Lipinski definition) is 4. The zero-order valence-corrected chi connectivity index (χ0v) is 17.1. The van der Waals surface area contributed by atoms with Gasteiger partial charge in [0.05, 0.1) is 18.7 Å². The number of anilines is 1. The second-order valence-electron chi connectivity index (χ2n) is 6.26. The third kappa shape index (κ3) is 5.33. The quantitative estimate of drug-likeness (QED) is 0.460. The van der Waals surface area contributed by atoms with Crippen LogP contribution >= 0.6 is 11.6 Å². The molecular formula is C23H23ClFNO3. The third-order valence-electron chi connectivity index (χ3n) is 4.32. The van der Waals surface area contributed by atoms with E-state index in [1.54, 1.807) is 37.4 Å². The van der Waals surface area contributed by atoms with E-state index in [-0.39, 0.29) is 12.4 Å². The van der Waals surface area contributed by atoms with Gasteiger partial charge in [0.15, 0.2) is 11.5 Å². The zero-order valence-electron chi connectivity index (χ0n) is 16.4. The van der Waals surface area contributed by atoms with Gasteiger partial charge in [-0.15, -0.1) is 0 Å². The molecular weight excluding hydrogens is 393 g/mol. The Morgan fingerprint density at radius 3 is 2.45 bits per heavy atom. The Morgan fingerprint density at radius 2 is 1.72 bits per heavy atom. The van der Waals surface area contributed by atoms with Crippen LogP contribution in [0.25, 0.3) is 0 Å². The lowest BCUT2D eigenvalue weighted by molar-refractivity contribution is 0.263. The molecule has 0 heterocycles. The molecule has 1 N–H and O–H groups in total. The van der Waals surface area contributed by atoms with Gasteiger partial charge in [-0.1, -0.05) is 41.9 Å². The van der Waals surface area contributed by atoms with Gasteiger partial charge in [-0.3, -0.25) is 0 Å². The Hall–Kier alpha value is -2.92. The van der Waals surface area contributed by atoms with E-state index in [1.807, 2.05) is 31.2 Å². The van der Waals surface area contributed by atoms with Crippen molar-refractivity contribution in [1.82, 2.24) is 0 Å². The fourth-order valence-electron chi connectivity index (χ4n) is 2.87. The van der Waals surface area contributed by atoms with Crippen molar-refractivity contribution < 1.29 is 18.6 Å².